The second-order valence-corrected chi connectivity index (χ2v) is 4.90. The maximum Gasteiger partial charge on any atom is 0.126 e. The van der Waals surface area contributed by atoms with Crippen LogP contribution in [0.15, 0.2) is 36.4 Å². The molecule has 2 nitrogen and oxygen atoms in total. The van der Waals surface area contributed by atoms with E-state index in [4.69, 9.17) is 4.74 Å². The molecule has 0 radical (unpaired) electrons. The molecular formula is C17H19NO. The highest BCUT2D eigenvalue weighted by molar-refractivity contribution is 5.77. The van der Waals surface area contributed by atoms with Crippen LogP contribution >= 0.6 is 0 Å². The summed E-state index contributed by atoms with van der Waals surface area (Å²) in [4.78, 5) is 0. The summed E-state index contributed by atoms with van der Waals surface area (Å²) in [7, 11) is 1.74. The first kappa shape index (κ1) is 12.1. The fourth-order valence-electron chi connectivity index (χ4n) is 2.80. The Bertz CT molecular complexity index is 604. The fourth-order valence-corrected chi connectivity index (χ4v) is 2.80. The highest BCUT2D eigenvalue weighted by atomic mass is 16.5. The predicted molar refractivity (Wildman–Crippen MR) is 80.0 cm³/mol. The molecule has 0 saturated carbocycles. The first-order chi connectivity index (χ1) is 9.33. The van der Waals surface area contributed by atoms with Crippen LogP contribution in [0.4, 0.5) is 5.69 Å². The van der Waals surface area contributed by atoms with Gasteiger partial charge in [-0.3, -0.25) is 0 Å². The van der Waals surface area contributed by atoms with E-state index >= 15 is 0 Å². The van der Waals surface area contributed by atoms with E-state index in [-0.39, 0.29) is 0 Å². The number of methoxy groups -OCH3 is 1. The summed E-state index contributed by atoms with van der Waals surface area (Å²) < 4.78 is 5.50. The van der Waals surface area contributed by atoms with Gasteiger partial charge in [0.1, 0.15) is 5.75 Å². The van der Waals surface area contributed by atoms with Gasteiger partial charge in [-0.2, -0.15) is 0 Å². The van der Waals surface area contributed by atoms with Crippen molar-refractivity contribution in [2.45, 2.75) is 19.8 Å². The lowest BCUT2D eigenvalue weighted by atomic mass is 9.94. The quantitative estimate of drug-likeness (QED) is 0.896. The number of rotatable bonds is 3. The molecule has 0 bridgehead atoms. The summed E-state index contributed by atoms with van der Waals surface area (Å²) >= 11 is 0. The van der Waals surface area contributed by atoms with Crippen LogP contribution in [-0.2, 0) is 12.8 Å². The third-order valence-electron chi connectivity index (χ3n) is 3.82. The summed E-state index contributed by atoms with van der Waals surface area (Å²) in [5.41, 5.74) is 6.59. The summed E-state index contributed by atoms with van der Waals surface area (Å²) in [5.74, 6) is 0.947. The lowest BCUT2D eigenvalue weighted by Crippen LogP contribution is -1.94. The number of fused-ring (bicyclic) bond motifs is 1. The molecule has 1 aliphatic heterocycles. The van der Waals surface area contributed by atoms with Crippen molar-refractivity contribution < 1.29 is 4.74 Å². The normalized spacial score (nSPS) is 12.9. The molecule has 0 amide bonds. The number of para-hydroxylation sites is 1. The molecule has 2 heteroatoms. The van der Waals surface area contributed by atoms with Gasteiger partial charge in [0.05, 0.1) is 7.11 Å². The molecule has 0 spiro atoms. The van der Waals surface area contributed by atoms with Gasteiger partial charge in [0, 0.05) is 17.8 Å². The van der Waals surface area contributed by atoms with E-state index in [0.29, 0.717) is 0 Å². The summed E-state index contributed by atoms with van der Waals surface area (Å²) in [6, 6.07) is 12.9. The average molecular weight is 253 g/mol. The number of nitrogens with one attached hydrogen (secondary N) is 1. The van der Waals surface area contributed by atoms with Gasteiger partial charge >= 0.3 is 0 Å². The number of ether oxygens (including phenoxy) is 1. The maximum atomic E-state index is 5.50. The van der Waals surface area contributed by atoms with Gasteiger partial charge in [-0.05, 0) is 47.7 Å². The zero-order valence-electron chi connectivity index (χ0n) is 11.5. The maximum absolute atomic E-state index is 5.50. The second kappa shape index (κ2) is 4.96. The zero-order chi connectivity index (χ0) is 13.2. The Morgan fingerprint density at radius 1 is 1.16 bits per heavy atom. The minimum Gasteiger partial charge on any atom is -0.496 e. The molecule has 0 aliphatic carbocycles. The minimum atomic E-state index is 0.947. The Hall–Kier alpha value is -1.96. The van der Waals surface area contributed by atoms with Crippen molar-refractivity contribution in [2.75, 3.05) is 19.0 Å². The summed E-state index contributed by atoms with van der Waals surface area (Å²) in [5, 5.41) is 3.45. The van der Waals surface area contributed by atoms with Gasteiger partial charge in [0.25, 0.3) is 0 Å². The van der Waals surface area contributed by atoms with E-state index in [1.54, 1.807) is 7.11 Å². The van der Waals surface area contributed by atoms with Crippen LogP contribution in [0.25, 0.3) is 11.1 Å². The number of benzene rings is 2. The molecule has 0 unspecified atom stereocenters. The number of hydrogen-bond acceptors (Lipinski definition) is 2. The molecule has 1 aliphatic rings. The molecule has 19 heavy (non-hydrogen) atoms. The third-order valence-corrected chi connectivity index (χ3v) is 3.82. The lowest BCUT2D eigenvalue weighted by Gasteiger charge is -2.14. The molecular weight excluding hydrogens is 234 g/mol. The Morgan fingerprint density at radius 3 is 2.79 bits per heavy atom. The van der Waals surface area contributed by atoms with Gasteiger partial charge in [-0.15, -0.1) is 0 Å². The van der Waals surface area contributed by atoms with Crippen LogP contribution in [0, 0.1) is 0 Å². The highest BCUT2D eigenvalue weighted by Crippen LogP contribution is 2.36. The third kappa shape index (κ3) is 2.07. The van der Waals surface area contributed by atoms with Crippen LogP contribution in [0.1, 0.15) is 18.1 Å². The number of aryl methyl sites for hydroxylation is 1. The second-order valence-electron chi connectivity index (χ2n) is 4.90. The Kier molecular flexibility index (Phi) is 3.16. The molecule has 1 heterocycles. The van der Waals surface area contributed by atoms with Crippen molar-refractivity contribution >= 4 is 5.69 Å². The first-order valence-electron chi connectivity index (χ1n) is 6.86. The van der Waals surface area contributed by atoms with Crippen molar-refractivity contribution in [3.63, 3.8) is 0 Å². The SMILES string of the molecule is CCc1cc2c(cc1-c1ccccc1OC)CCN2. The zero-order valence-corrected chi connectivity index (χ0v) is 11.5. The molecule has 0 atom stereocenters. The molecule has 0 fully saturated rings. The van der Waals surface area contributed by atoms with E-state index in [0.717, 1.165) is 25.1 Å². The highest BCUT2D eigenvalue weighted by Gasteiger charge is 2.16. The fraction of sp³-hybridized carbons (Fsp3) is 0.294. The molecule has 1 N–H and O–H groups in total. The first-order valence-corrected chi connectivity index (χ1v) is 6.86. The number of anilines is 1. The van der Waals surface area contributed by atoms with Crippen molar-refractivity contribution in [1.29, 1.82) is 0 Å². The van der Waals surface area contributed by atoms with Gasteiger partial charge in [-0.25, -0.2) is 0 Å². The van der Waals surface area contributed by atoms with Crippen molar-refractivity contribution in [1.82, 2.24) is 0 Å². The molecule has 98 valence electrons. The molecule has 2 aromatic rings. The molecule has 3 rings (SSSR count). The Labute approximate surface area is 114 Å². The minimum absolute atomic E-state index is 0.947. The van der Waals surface area contributed by atoms with Crippen molar-refractivity contribution in [2.24, 2.45) is 0 Å². The van der Waals surface area contributed by atoms with Crippen LogP contribution in [0.2, 0.25) is 0 Å². The van der Waals surface area contributed by atoms with Gasteiger partial charge in [-0.1, -0.05) is 25.1 Å². The van der Waals surface area contributed by atoms with E-state index in [1.165, 1.54) is 27.9 Å². The van der Waals surface area contributed by atoms with Crippen LogP contribution in [0.5, 0.6) is 5.75 Å². The summed E-state index contributed by atoms with van der Waals surface area (Å²) in [6.07, 6.45) is 2.14. The van der Waals surface area contributed by atoms with E-state index in [1.807, 2.05) is 12.1 Å². The van der Waals surface area contributed by atoms with E-state index in [9.17, 15) is 0 Å². The van der Waals surface area contributed by atoms with Gasteiger partial charge in [0.2, 0.25) is 0 Å². The van der Waals surface area contributed by atoms with E-state index in [2.05, 4.69) is 36.5 Å². The molecule has 0 aromatic heterocycles. The molecule has 0 saturated heterocycles. The van der Waals surface area contributed by atoms with Crippen LogP contribution in [0.3, 0.4) is 0 Å². The topological polar surface area (TPSA) is 21.3 Å². The van der Waals surface area contributed by atoms with Crippen LogP contribution < -0.4 is 10.1 Å². The monoisotopic (exact) mass is 253 g/mol. The average Bonchev–Trinajstić information content (AvgIpc) is 2.93. The lowest BCUT2D eigenvalue weighted by molar-refractivity contribution is 0.416. The van der Waals surface area contributed by atoms with Gasteiger partial charge in [0.15, 0.2) is 0 Å². The number of hydrogen-bond donors (Lipinski definition) is 1. The summed E-state index contributed by atoms with van der Waals surface area (Å²) in [6.45, 7) is 3.25. The van der Waals surface area contributed by atoms with Crippen molar-refractivity contribution in [3.8, 4) is 16.9 Å². The Balaban J connectivity index is 2.18. The standard InChI is InChI=1S/C17H19NO/c1-3-12-11-16-13(8-9-18-16)10-15(12)14-6-4-5-7-17(14)19-2/h4-7,10-11,18H,3,8-9H2,1-2H3. The largest absolute Gasteiger partial charge is 0.496 e. The van der Waals surface area contributed by atoms with E-state index < -0.39 is 0 Å². The Morgan fingerprint density at radius 2 is 2.00 bits per heavy atom. The van der Waals surface area contributed by atoms with Gasteiger partial charge < -0.3 is 10.1 Å². The predicted octanol–water partition coefficient (Wildman–Crippen LogP) is 3.89. The van der Waals surface area contributed by atoms with Crippen molar-refractivity contribution in [3.05, 3.63) is 47.5 Å². The smallest absolute Gasteiger partial charge is 0.126 e. The molecule has 2 aromatic carbocycles. The van der Waals surface area contributed by atoms with Crippen LogP contribution in [-0.4, -0.2) is 13.7 Å².